The van der Waals surface area contributed by atoms with Crippen molar-refractivity contribution >= 4 is 35.1 Å². The van der Waals surface area contributed by atoms with E-state index in [1.807, 2.05) is 12.1 Å². The lowest BCUT2D eigenvalue weighted by Crippen LogP contribution is -2.29. The fourth-order valence-corrected chi connectivity index (χ4v) is 3.40. The van der Waals surface area contributed by atoms with Crippen LogP contribution in [0.3, 0.4) is 0 Å². The lowest BCUT2D eigenvalue weighted by atomic mass is 10.0. The number of benzene rings is 2. The second-order valence-electron chi connectivity index (χ2n) is 6.85. The molecule has 0 saturated carbocycles. The van der Waals surface area contributed by atoms with E-state index in [0.717, 1.165) is 5.56 Å². The number of halogens is 1. The van der Waals surface area contributed by atoms with Crippen LogP contribution in [0.15, 0.2) is 81.6 Å². The predicted molar refractivity (Wildman–Crippen MR) is 118 cm³/mol. The molecule has 0 saturated heterocycles. The Hall–Kier alpha value is -3.98. The maximum absolute atomic E-state index is 12.8. The lowest BCUT2D eigenvalue weighted by molar-refractivity contribution is -0.385. The van der Waals surface area contributed by atoms with E-state index in [-0.39, 0.29) is 11.3 Å². The summed E-state index contributed by atoms with van der Waals surface area (Å²) < 4.78 is 5.50. The van der Waals surface area contributed by atoms with Crippen molar-refractivity contribution in [2.75, 3.05) is 6.61 Å². The van der Waals surface area contributed by atoms with Gasteiger partial charge in [0.1, 0.15) is 11.8 Å². The fourth-order valence-electron chi connectivity index (χ4n) is 3.28. The molecular weight excluding hydrogens is 436 g/mol. The minimum absolute atomic E-state index is 0.110. The molecule has 0 N–H and O–H groups in total. The van der Waals surface area contributed by atoms with Gasteiger partial charge in [0, 0.05) is 17.5 Å². The molecule has 1 aromatic heterocycles. The summed E-state index contributed by atoms with van der Waals surface area (Å²) >= 11 is 5.96. The highest BCUT2D eigenvalue weighted by molar-refractivity contribution is 6.30. The average Bonchev–Trinajstić information content (AvgIpc) is 3.47. The van der Waals surface area contributed by atoms with Gasteiger partial charge in [-0.25, -0.2) is 5.01 Å². The third-order valence-corrected chi connectivity index (χ3v) is 5.05. The topological polar surface area (TPSA) is 111 Å². The number of carbonyl (C=O) groups is 1. The molecule has 0 fully saturated rings. The zero-order valence-corrected chi connectivity index (χ0v) is 17.4. The molecule has 4 rings (SSSR count). The number of furan rings is 1. The molecule has 1 amide bonds. The van der Waals surface area contributed by atoms with Crippen LogP contribution in [0, 0.1) is 10.1 Å². The molecule has 32 heavy (non-hydrogen) atoms. The summed E-state index contributed by atoms with van der Waals surface area (Å²) in [5.74, 6) is 0.157. The lowest BCUT2D eigenvalue weighted by Gasteiger charge is -2.19. The predicted octanol–water partition coefficient (Wildman–Crippen LogP) is 4.57. The molecule has 1 aliphatic heterocycles. The first-order valence-corrected chi connectivity index (χ1v) is 9.98. The van der Waals surface area contributed by atoms with Crippen molar-refractivity contribution in [3.63, 3.8) is 0 Å². The van der Waals surface area contributed by atoms with Crippen LogP contribution in [0.25, 0.3) is 0 Å². The van der Waals surface area contributed by atoms with E-state index >= 15 is 0 Å². The number of hydrogen-bond acceptors (Lipinski definition) is 7. The van der Waals surface area contributed by atoms with E-state index in [2.05, 4.69) is 10.3 Å². The Labute approximate surface area is 187 Å². The first kappa shape index (κ1) is 21.3. The maximum Gasteiger partial charge on any atom is 0.284 e. The minimum Gasteiger partial charge on any atom is -0.467 e. The van der Waals surface area contributed by atoms with E-state index < -0.39 is 23.5 Å². The number of nitrogens with zero attached hydrogens (tertiary/aromatic N) is 4. The van der Waals surface area contributed by atoms with Gasteiger partial charge in [-0.1, -0.05) is 41.0 Å². The van der Waals surface area contributed by atoms with Gasteiger partial charge in [-0.05, 0) is 35.9 Å². The van der Waals surface area contributed by atoms with E-state index in [1.165, 1.54) is 29.6 Å². The van der Waals surface area contributed by atoms with Gasteiger partial charge in [-0.15, -0.1) is 0 Å². The highest BCUT2D eigenvalue weighted by Gasteiger charge is 2.35. The molecule has 0 radical (unpaired) electrons. The summed E-state index contributed by atoms with van der Waals surface area (Å²) in [5, 5.41) is 21.2. The summed E-state index contributed by atoms with van der Waals surface area (Å²) in [6.45, 7) is -0.397. The highest BCUT2D eigenvalue weighted by atomic mass is 35.5. The van der Waals surface area contributed by atoms with E-state index in [9.17, 15) is 14.9 Å². The molecule has 10 heteroatoms. The molecular formula is C22H17ClN4O5. The Balaban J connectivity index is 1.47. The van der Waals surface area contributed by atoms with Crippen LogP contribution in [0.4, 0.5) is 5.69 Å². The largest absolute Gasteiger partial charge is 0.467 e. The van der Waals surface area contributed by atoms with E-state index in [1.54, 1.807) is 36.4 Å². The summed E-state index contributed by atoms with van der Waals surface area (Å²) in [4.78, 5) is 28.5. The van der Waals surface area contributed by atoms with Gasteiger partial charge >= 0.3 is 0 Å². The Bertz CT molecular complexity index is 1180. The summed E-state index contributed by atoms with van der Waals surface area (Å²) in [7, 11) is 0. The van der Waals surface area contributed by atoms with Gasteiger partial charge < -0.3 is 9.25 Å². The number of para-hydroxylation sites is 1. The number of rotatable bonds is 7. The van der Waals surface area contributed by atoms with Crippen molar-refractivity contribution in [3.8, 4) is 0 Å². The normalized spacial score (nSPS) is 15.7. The van der Waals surface area contributed by atoms with Crippen molar-refractivity contribution in [1.29, 1.82) is 0 Å². The number of oxime groups is 1. The first-order chi connectivity index (χ1) is 15.5. The molecule has 0 spiro atoms. The van der Waals surface area contributed by atoms with Gasteiger partial charge in [-0.3, -0.25) is 14.9 Å². The number of nitro benzene ring substituents is 1. The molecule has 0 bridgehead atoms. The van der Waals surface area contributed by atoms with Gasteiger partial charge in [0.25, 0.3) is 11.6 Å². The standard InChI is InChI=1S/C22H17ClN4O5/c23-17-9-7-15(8-10-17)18-12-20(21-6-3-11-31-21)26(25-18)22(28)14-32-24-13-16-4-1-2-5-19(16)27(29)30/h1-11,13,20H,12,14H2/b24-13+. The Morgan fingerprint density at radius 1 is 1.25 bits per heavy atom. The van der Waals surface area contributed by atoms with Crippen LogP contribution < -0.4 is 0 Å². The summed E-state index contributed by atoms with van der Waals surface area (Å²) in [6.07, 6.45) is 3.19. The van der Waals surface area contributed by atoms with Crippen molar-refractivity contribution in [3.05, 3.63) is 99.0 Å². The number of hydrazone groups is 1. The zero-order valence-electron chi connectivity index (χ0n) is 16.6. The average molecular weight is 453 g/mol. The van der Waals surface area contributed by atoms with Crippen molar-refractivity contribution in [2.45, 2.75) is 12.5 Å². The van der Waals surface area contributed by atoms with E-state index in [4.69, 9.17) is 20.9 Å². The second-order valence-corrected chi connectivity index (χ2v) is 7.29. The number of hydrogen-bond donors (Lipinski definition) is 0. The Kier molecular flexibility index (Phi) is 6.27. The summed E-state index contributed by atoms with van der Waals surface area (Å²) in [6, 6.07) is 16.4. The fraction of sp³-hybridized carbons (Fsp3) is 0.136. The van der Waals surface area contributed by atoms with Gasteiger partial charge in [0.15, 0.2) is 6.61 Å². The van der Waals surface area contributed by atoms with Crippen molar-refractivity contribution < 1.29 is 19.0 Å². The first-order valence-electron chi connectivity index (χ1n) is 9.60. The minimum atomic E-state index is -0.516. The molecule has 162 valence electrons. The molecule has 9 nitrogen and oxygen atoms in total. The highest BCUT2D eigenvalue weighted by Crippen LogP contribution is 2.33. The van der Waals surface area contributed by atoms with Gasteiger partial charge in [-0.2, -0.15) is 5.10 Å². The second kappa shape index (κ2) is 9.44. The van der Waals surface area contributed by atoms with Crippen molar-refractivity contribution in [2.24, 2.45) is 10.3 Å². The Morgan fingerprint density at radius 2 is 2.03 bits per heavy atom. The number of carbonyl (C=O) groups excluding carboxylic acids is 1. The van der Waals surface area contributed by atoms with Crippen molar-refractivity contribution in [1.82, 2.24) is 5.01 Å². The molecule has 1 unspecified atom stereocenters. The van der Waals surface area contributed by atoms with Gasteiger partial charge in [0.2, 0.25) is 0 Å². The monoisotopic (exact) mass is 452 g/mol. The molecule has 0 aliphatic carbocycles. The third kappa shape index (κ3) is 4.68. The van der Waals surface area contributed by atoms with Crippen LogP contribution in [-0.2, 0) is 9.63 Å². The maximum atomic E-state index is 12.8. The molecule has 1 aliphatic rings. The molecule has 1 atom stereocenters. The smallest absolute Gasteiger partial charge is 0.284 e. The summed E-state index contributed by atoms with van der Waals surface area (Å²) in [5.41, 5.74) is 1.71. The zero-order chi connectivity index (χ0) is 22.5. The number of amides is 1. The molecule has 2 heterocycles. The molecule has 3 aromatic rings. The van der Waals surface area contributed by atoms with E-state index in [0.29, 0.717) is 22.9 Å². The van der Waals surface area contributed by atoms with Gasteiger partial charge in [0.05, 0.1) is 28.7 Å². The Morgan fingerprint density at radius 3 is 2.75 bits per heavy atom. The van der Waals surface area contributed by atoms with Crippen LogP contribution in [-0.4, -0.2) is 34.4 Å². The molecule has 2 aromatic carbocycles. The van der Waals surface area contributed by atoms with Crippen LogP contribution in [0.5, 0.6) is 0 Å². The quantitative estimate of drug-likeness (QED) is 0.296. The van der Waals surface area contributed by atoms with Crippen LogP contribution in [0.1, 0.15) is 29.3 Å². The third-order valence-electron chi connectivity index (χ3n) is 4.80. The number of nitro groups is 1. The SMILES string of the molecule is O=C(CO/N=C/c1ccccc1[N+](=O)[O-])N1N=C(c2ccc(Cl)cc2)CC1c1ccco1. The van der Waals surface area contributed by atoms with Crippen LogP contribution in [0.2, 0.25) is 5.02 Å². The van der Waals surface area contributed by atoms with Crippen LogP contribution >= 0.6 is 11.6 Å².